The van der Waals surface area contributed by atoms with Crippen LogP contribution in [0.15, 0.2) is 60.0 Å². The summed E-state index contributed by atoms with van der Waals surface area (Å²) in [6, 6.07) is 12.8. The molecule has 0 aromatic heterocycles. The van der Waals surface area contributed by atoms with Crippen molar-refractivity contribution in [3.05, 3.63) is 55.1 Å². The molecule has 0 fully saturated rings. The van der Waals surface area contributed by atoms with E-state index in [2.05, 4.69) is 18.2 Å². The zero-order valence-corrected chi connectivity index (χ0v) is 11.7. The van der Waals surface area contributed by atoms with Crippen LogP contribution in [0.4, 0.5) is 0 Å². The molecule has 0 unspecified atom stereocenters. The minimum Gasteiger partial charge on any atom is -0.223 e. The van der Waals surface area contributed by atoms with E-state index in [0.717, 1.165) is 10.8 Å². The first-order valence-electron chi connectivity index (χ1n) is 5.34. The van der Waals surface area contributed by atoms with E-state index in [0.29, 0.717) is 4.90 Å². The van der Waals surface area contributed by atoms with Gasteiger partial charge in [0.1, 0.15) is 0 Å². The summed E-state index contributed by atoms with van der Waals surface area (Å²) < 4.78 is 23.9. The van der Waals surface area contributed by atoms with E-state index in [1.807, 2.05) is 30.3 Å². The molecule has 18 heavy (non-hydrogen) atoms. The third-order valence-corrected chi connectivity index (χ3v) is 4.12. The molecule has 2 rings (SSSR count). The molecular formula is C14H15ClO2S. The average molecular weight is 283 g/mol. The van der Waals surface area contributed by atoms with Gasteiger partial charge in [-0.1, -0.05) is 42.5 Å². The van der Waals surface area contributed by atoms with Gasteiger partial charge in [0.2, 0.25) is 0 Å². The predicted octanol–water partition coefficient (Wildman–Crippen LogP) is 3.65. The molecule has 0 atom stereocenters. The second-order valence-electron chi connectivity index (χ2n) is 3.55. The predicted molar refractivity (Wildman–Crippen MR) is 78.0 cm³/mol. The van der Waals surface area contributed by atoms with Crippen LogP contribution in [0.2, 0.25) is 0 Å². The van der Waals surface area contributed by atoms with E-state index in [1.54, 1.807) is 12.1 Å². The lowest BCUT2D eigenvalue weighted by Gasteiger charge is -2.05. The van der Waals surface area contributed by atoms with E-state index in [9.17, 15) is 8.42 Å². The summed E-state index contributed by atoms with van der Waals surface area (Å²) in [5.41, 5.74) is 0. The van der Waals surface area contributed by atoms with Crippen molar-refractivity contribution >= 4 is 32.2 Å². The van der Waals surface area contributed by atoms with Gasteiger partial charge in [0.25, 0.3) is 0 Å². The second-order valence-corrected chi connectivity index (χ2v) is 5.55. The summed E-state index contributed by atoms with van der Waals surface area (Å²) in [6.45, 7) is 3.47. The van der Waals surface area contributed by atoms with E-state index in [-0.39, 0.29) is 5.75 Å². The maximum absolute atomic E-state index is 12.0. The van der Waals surface area contributed by atoms with Crippen LogP contribution in [-0.4, -0.2) is 20.6 Å². The Morgan fingerprint density at radius 2 is 1.72 bits per heavy atom. The molecule has 0 heterocycles. The Hall–Kier alpha value is -1.32. The van der Waals surface area contributed by atoms with Crippen LogP contribution < -0.4 is 0 Å². The third-order valence-electron chi connectivity index (χ3n) is 2.42. The highest BCUT2D eigenvalue weighted by Crippen LogP contribution is 2.23. The number of hydrogen-bond acceptors (Lipinski definition) is 2. The minimum absolute atomic E-state index is 0.0268. The number of benzene rings is 2. The van der Waals surface area contributed by atoms with Gasteiger partial charge < -0.3 is 0 Å². The van der Waals surface area contributed by atoms with Gasteiger partial charge in [-0.05, 0) is 11.5 Å². The largest absolute Gasteiger partial charge is 0.223 e. The normalized spacial score (nSPS) is 10.6. The Balaban J connectivity index is 0.000000771. The fourth-order valence-corrected chi connectivity index (χ4v) is 3.01. The molecule has 0 saturated carbocycles. The summed E-state index contributed by atoms with van der Waals surface area (Å²) in [6.07, 6.45) is 2.89. The molecule has 4 heteroatoms. The fraction of sp³-hybridized carbons (Fsp3) is 0.143. The van der Waals surface area contributed by atoms with E-state index < -0.39 is 9.84 Å². The summed E-state index contributed by atoms with van der Waals surface area (Å²) >= 11 is 4.64. The molecule has 0 amide bonds. The lowest BCUT2D eigenvalue weighted by atomic mass is 10.1. The van der Waals surface area contributed by atoms with Crippen molar-refractivity contribution in [1.82, 2.24) is 0 Å². The number of rotatable bonds is 3. The Labute approximate surface area is 113 Å². The number of hydrogen-bond donors (Lipinski definition) is 0. The van der Waals surface area contributed by atoms with Crippen LogP contribution in [0, 0.1) is 0 Å². The summed E-state index contributed by atoms with van der Waals surface area (Å²) in [5, 5.41) is 1.71. The van der Waals surface area contributed by atoms with Gasteiger partial charge in [-0.15, -0.1) is 18.2 Å². The summed E-state index contributed by atoms with van der Waals surface area (Å²) in [5.74, 6) is -0.0268. The molecule has 2 nitrogen and oxygen atoms in total. The van der Waals surface area contributed by atoms with E-state index >= 15 is 0 Å². The van der Waals surface area contributed by atoms with Crippen molar-refractivity contribution in [1.29, 1.82) is 0 Å². The highest BCUT2D eigenvalue weighted by molar-refractivity contribution is 7.91. The van der Waals surface area contributed by atoms with E-state index in [1.165, 1.54) is 12.5 Å². The van der Waals surface area contributed by atoms with Crippen molar-refractivity contribution in [2.75, 3.05) is 12.1 Å². The number of halogens is 1. The Kier molecular flexibility index (Phi) is 5.38. The molecule has 0 aliphatic carbocycles. The molecular weight excluding hydrogens is 268 g/mol. The first-order valence-corrected chi connectivity index (χ1v) is 7.75. The number of fused-ring (bicyclic) bond motifs is 1. The van der Waals surface area contributed by atoms with Crippen molar-refractivity contribution in [2.45, 2.75) is 4.90 Å². The molecule has 96 valence electrons. The summed E-state index contributed by atoms with van der Waals surface area (Å²) in [4.78, 5) is 0.380. The van der Waals surface area contributed by atoms with Gasteiger partial charge in [0.05, 0.1) is 10.6 Å². The van der Waals surface area contributed by atoms with Gasteiger partial charge in [-0.2, -0.15) is 0 Å². The quantitative estimate of drug-likeness (QED) is 0.636. The lowest BCUT2D eigenvalue weighted by Crippen LogP contribution is -2.04. The third kappa shape index (κ3) is 3.12. The van der Waals surface area contributed by atoms with Crippen LogP contribution in [-0.2, 0) is 9.84 Å². The summed E-state index contributed by atoms with van der Waals surface area (Å²) in [7, 11) is -3.25. The highest BCUT2D eigenvalue weighted by Gasteiger charge is 2.14. The molecule has 0 aliphatic heterocycles. The topological polar surface area (TPSA) is 34.1 Å². The van der Waals surface area contributed by atoms with Crippen LogP contribution in [0.5, 0.6) is 0 Å². The Morgan fingerprint density at radius 3 is 2.39 bits per heavy atom. The molecule has 2 aromatic carbocycles. The van der Waals surface area contributed by atoms with Crippen molar-refractivity contribution in [3.8, 4) is 0 Å². The highest BCUT2D eigenvalue weighted by atomic mass is 35.5. The fourth-order valence-electron chi connectivity index (χ4n) is 1.71. The standard InChI is InChI=1S/C13H12O2S.CH3Cl/c1-2-10-16(14,15)13-9-5-7-11-6-3-4-8-12(11)13;1-2/h2-9H,1,10H2;1H3. The van der Waals surface area contributed by atoms with Gasteiger partial charge >= 0.3 is 0 Å². The van der Waals surface area contributed by atoms with Gasteiger partial charge in [-0.25, -0.2) is 8.42 Å². The van der Waals surface area contributed by atoms with Crippen LogP contribution in [0.1, 0.15) is 0 Å². The van der Waals surface area contributed by atoms with Crippen LogP contribution in [0.25, 0.3) is 10.8 Å². The Bertz CT molecular complexity index is 628. The minimum atomic E-state index is -3.25. The molecule has 0 saturated heterocycles. The second kappa shape index (κ2) is 6.57. The first kappa shape index (κ1) is 14.7. The van der Waals surface area contributed by atoms with Crippen molar-refractivity contribution in [3.63, 3.8) is 0 Å². The molecule has 0 aliphatic rings. The first-order chi connectivity index (χ1) is 8.65. The Morgan fingerprint density at radius 1 is 1.11 bits per heavy atom. The van der Waals surface area contributed by atoms with Crippen LogP contribution >= 0.6 is 11.6 Å². The zero-order chi connectivity index (χ0) is 13.6. The molecule has 0 spiro atoms. The van der Waals surface area contributed by atoms with Crippen molar-refractivity contribution in [2.24, 2.45) is 0 Å². The molecule has 0 bridgehead atoms. The number of alkyl halides is 1. The van der Waals surface area contributed by atoms with Gasteiger partial charge in [0.15, 0.2) is 9.84 Å². The zero-order valence-electron chi connectivity index (χ0n) is 10.1. The SMILES string of the molecule is C=CCS(=O)(=O)c1cccc2ccccc12.CCl. The number of sulfone groups is 1. The van der Waals surface area contributed by atoms with Gasteiger partial charge in [-0.3, -0.25) is 0 Å². The van der Waals surface area contributed by atoms with Crippen LogP contribution in [0.3, 0.4) is 0 Å². The monoisotopic (exact) mass is 282 g/mol. The smallest absolute Gasteiger partial charge is 0.182 e. The van der Waals surface area contributed by atoms with E-state index in [4.69, 9.17) is 0 Å². The van der Waals surface area contributed by atoms with Crippen molar-refractivity contribution < 1.29 is 8.42 Å². The maximum atomic E-state index is 12.0. The molecule has 2 aromatic rings. The molecule has 0 radical (unpaired) electrons. The molecule has 0 N–H and O–H groups in total. The lowest BCUT2D eigenvalue weighted by molar-refractivity contribution is 0.600. The maximum Gasteiger partial charge on any atom is 0.182 e. The average Bonchev–Trinajstić information content (AvgIpc) is 2.40. The van der Waals surface area contributed by atoms with Gasteiger partial charge in [0, 0.05) is 11.8 Å².